The molecular formula is C21H15F6N5O. The highest BCUT2D eigenvalue weighted by atomic mass is 19.4. The molecule has 12 heteroatoms. The third-order valence-electron chi connectivity index (χ3n) is 5.11. The number of amides is 2. The number of aromatic nitrogens is 2. The number of halogens is 6. The van der Waals surface area contributed by atoms with Crippen molar-refractivity contribution < 1.29 is 31.1 Å². The summed E-state index contributed by atoms with van der Waals surface area (Å²) in [6.45, 7) is -0.385. The molecule has 3 aromatic rings. The average molecular weight is 467 g/mol. The van der Waals surface area contributed by atoms with Crippen LogP contribution < -0.4 is 5.32 Å². The van der Waals surface area contributed by atoms with E-state index >= 15 is 0 Å². The van der Waals surface area contributed by atoms with E-state index in [1.54, 1.807) is 24.3 Å². The zero-order chi connectivity index (χ0) is 24.1. The van der Waals surface area contributed by atoms with Crippen LogP contribution in [0.15, 0.2) is 48.3 Å². The third-order valence-corrected chi connectivity index (χ3v) is 5.11. The van der Waals surface area contributed by atoms with Gasteiger partial charge in [-0.1, -0.05) is 12.1 Å². The van der Waals surface area contributed by atoms with Crippen molar-refractivity contribution in [3.8, 4) is 0 Å². The van der Waals surface area contributed by atoms with E-state index in [1.807, 2.05) is 0 Å². The number of amidine groups is 1. The first kappa shape index (κ1) is 22.4. The second-order valence-electron chi connectivity index (χ2n) is 7.41. The minimum Gasteiger partial charge on any atom is -0.294 e. The monoisotopic (exact) mass is 467 g/mol. The normalized spacial score (nSPS) is 16.2. The van der Waals surface area contributed by atoms with Gasteiger partial charge in [0.05, 0.1) is 28.9 Å². The van der Waals surface area contributed by atoms with Gasteiger partial charge in [-0.15, -0.1) is 0 Å². The van der Waals surface area contributed by atoms with Crippen molar-refractivity contribution >= 4 is 28.8 Å². The molecule has 4 rings (SSSR count). The summed E-state index contributed by atoms with van der Waals surface area (Å²) in [6, 6.07) is 6.02. The van der Waals surface area contributed by atoms with Crippen LogP contribution in [0.4, 0.5) is 31.1 Å². The minimum absolute atomic E-state index is 0.0692. The van der Waals surface area contributed by atoms with Gasteiger partial charge < -0.3 is 0 Å². The Balaban J connectivity index is 1.67. The molecule has 2 amide bonds. The number of hydrogen-bond donors (Lipinski definition) is 2. The highest BCUT2D eigenvalue weighted by molar-refractivity contribution is 6.15. The van der Waals surface area contributed by atoms with Gasteiger partial charge in [0.25, 0.3) is 0 Å². The van der Waals surface area contributed by atoms with Gasteiger partial charge in [-0.05, 0) is 41.5 Å². The smallest absolute Gasteiger partial charge is 0.294 e. The fourth-order valence-corrected chi connectivity index (χ4v) is 3.45. The predicted molar refractivity (Wildman–Crippen MR) is 107 cm³/mol. The van der Waals surface area contributed by atoms with Crippen LogP contribution in [0.2, 0.25) is 0 Å². The molecule has 2 heterocycles. The maximum absolute atomic E-state index is 13.4. The topological polar surface area (TPSA) is 74.0 Å². The Labute approximate surface area is 182 Å². The first-order valence-electron chi connectivity index (χ1n) is 9.43. The summed E-state index contributed by atoms with van der Waals surface area (Å²) in [6.07, 6.45) is -6.80. The molecule has 1 saturated heterocycles. The molecule has 1 aliphatic heterocycles. The number of likely N-dealkylation sites (N-methyl/N-ethyl adjacent to an activating group) is 1. The zero-order valence-corrected chi connectivity index (χ0v) is 16.8. The van der Waals surface area contributed by atoms with Crippen LogP contribution in [0.5, 0.6) is 0 Å². The van der Waals surface area contributed by atoms with Crippen LogP contribution >= 0.6 is 0 Å². The Morgan fingerprint density at radius 1 is 1.06 bits per heavy atom. The molecule has 2 N–H and O–H groups in total. The summed E-state index contributed by atoms with van der Waals surface area (Å²) in [5.74, 6) is -0.0692. The molecule has 33 heavy (non-hydrogen) atoms. The Hall–Kier alpha value is -3.83. The summed E-state index contributed by atoms with van der Waals surface area (Å²) in [5.41, 5.74) is -1.68. The van der Waals surface area contributed by atoms with Gasteiger partial charge in [0.15, 0.2) is 5.84 Å². The van der Waals surface area contributed by atoms with Crippen LogP contribution in [-0.4, -0.2) is 33.6 Å². The average Bonchev–Trinajstić information content (AvgIpc) is 3.21. The van der Waals surface area contributed by atoms with E-state index in [0.29, 0.717) is 28.2 Å². The molecule has 1 fully saturated rings. The standard InChI is InChI=1S/C21H15F6N5O/c1-31-17(18(28)29-19(31)33)7-11-2-5-16-13(6-11)10-32(30-16)9-12-3-4-14(20(22,23)24)8-15(12)21(25,26)27/h2-8,10H,9H2,1H3,(H2,28,29,33)/b17-7-. The Bertz CT molecular complexity index is 1300. The van der Waals surface area contributed by atoms with Crippen LogP contribution in [0.1, 0.15) is 22.3 Å². The summed E-state index contributed by atoms with van der Waals surface area (Å²) in [4.78, 5) is 12.9. The van der Waals surface area contributed by atoms with Crippen molar-refractivity contribution in [2.75, 3.05) is 7.05 Å². The summed E-state index contributed by atoms with van der Waals surface area (Å²) in [7, 11) is 1.50. The molecule has 0 spiro atoms. The first-order valence-corrected chi connectivity index (χ1v) is 9.43. The number of urea groups is 1. The van der Waals surface area contributed by atoms with E-state index in [0.717, 1.165) is 6.07 Å². The first-order chi connectivity index (χ1) is 15.3. The second kappa shape index (κ2) is 7.64. The lowest BCUT2D eigenvalue weighted by molar-refractivity contribution is -0.143. The highest BCUT2D eigenvalue weighted by Gasteiger charge is 2.38. The second-order valence-corrected chi connectivity index (χ2v) is 7.41. The number of alkyl halides is 6. The van der Waals surface area contributed by atoms with Gasteiger partial charge in [-0.2, -0.15) is 31.4 Å². The summed E-state index contributed by atoms with van der Waals surface area (Å²) < 4.78 is 80.1. The van der Waals surface area contributed by atoms with Crippen molar-refractivity contribution in [2.24, 2.45) is 0 Å². The number of carbonyl (C=O) groups is 1. The Morgan fingerprint density at radius 2 is 1.79 bits per heavy atom. The summed E-state index contributed by atoms with van der Waals surface area (Å²) in [5, 5.41) is 14.9. The number of hydrogen-bond acceptors (Lipinski definition) is 3. The molecule has 1 aliphatic rings. The fraction of sp³-hybridized carbons (Fsp3) is 0.190. The number of carbonyl (C=O) groups excluding carboxylic acids is 1. The van der Waals surface area contributed by atoms with Crippen molar-refractivity contribution in [1.82, 2.24) is 20.0 Å². The number of nitrogens with zero attached hydrogens (tertiary/aromatic N) is 3. The van der Waals surface area contributed by atoms with Gasteiger partial charge in [0.1, 0.15) is 0 Å². The Morgan fingerprint density at radius 3 is 2.39 bits per heavy atom. The molecule has 2 aromatic carbocycles. The molecule has 1 aromatic heterocycles. The van der Waals surface area contributed by atoms with Crippen molar-refractivity contribution in [1.29, 1.82) is 5.41 Å². The van der Waals surface area contributed by atoms with Gasteiger partial charge in [0.2, 0.25) is 0 Å². The van der Waals surface area contributed by atoms with E-state index < -0.39 is 29.5 Å². The van der Waals surface area contributed by atoms with Crippen LogP contribution in [0, 0.1) is 5.41 Å². The maximum atomic E-state index is 13.4. The molecule has 0 unspecified atom stereocenters. The van der Waals surface area contributed by atoms with Crippen molar-refractivity contribution in [3.63, 3.8) is 0 Å². The lowest BCUT2D eigenvalue weighted by Crippen LogP contribution is -2.23. The largest absolute Gasteiger partial charge is 0.416 e. The lowest BCUT2D eigenvalue weighted by Gasteiger charge is -2.16. The van der Waals surface area contributed by atoms with E-state index in [-0.39, 0.29) is 24.0 Å². The fourth-order valence-electron chi connectivity index (χ4n) is 3.45. The van der Waals surface area contributed by atoms with Crippen molar-refractivity contribution in [2.45, 2.75) is 18.9 Å². The molecular weight excluding hydrogens is 452 g/mol. The van der Waals surface area contributed by atoms with Gasteiger partial charge in [-0.25, -0.2) is 4.79 Å². The van der Waals surface area contributed by atoms with Gasteiger partial charge >= 0.3 is 18.4 Å². The van der Waals surface area contributed by atoms with Gasteiger partial charge in [-0.3, -0.25) is 20.3 Å². The molecule has 0 bridgehead atoms. The minimum atomic E-state index is -4.97. The van der Waals surface area contributed by atoms with Gasteiger partial charge in [0, 0.05) is 18.6 Å². The SMILES string of the molecule is CN1C(=O)NC(=N)/C1=C/c1ccc2nn(Cc3ccc(C(F)(F)F)cc3C(F)(F)F)cc2c1. The lowest BCUT2D eigenvalue weighted by atomic mass is 10.0. The highest BCUT2D eigenvalue weighted by Crippen LogP contribution is 2.37. The number of fused-ring (bicyclic) bond motifs is 1. The predicted octanol–water partition coefficient (Wildman–Crippen LogP) is 5.10. The third kappa shape index (κ3) is 4.41. The van der Waals surface area contributed by atoms with Crippen LogP contribution in [0.3, 0.4) is 0 Å². The molecule has 0 saturated carbocycles. The molecule has 0 radical (unpaired) electrons. The van der Waals surface area contributed by atoms with E-state index in [4.69, 9.17) is 5.41 Å². The zero-order valence-electron chi connectivity index (χ0n) is 16.8. The quantitative estimate of drug-likeness (QED) is 0.527. The van der Waals surface area contributed by atoms with E-state index in [2.05, 4.69) is 10.4 Å². The number of benzene rings is 2. The Kier molecular flexibility index (Phi) is 5.18. The summed E-state index contributed by atoms with van der Waals surface area (Å²) >= 11 is 0. The molecule has 0 aliphatic carbocycles. The number of nitrogens with one attached hydrogen (secondary N) is 2. The van der Waals surface area contributed by atoms with Crippen LogP contribution in [-0.2, 0) is 18.9 Å². The van der Waals surface area contributed by atoms with Crippen LogP contribution in [0.25, 0.3) is 17.0 Å². The molecule has 0 atom stereocenters. The van der Waals surface area contributed by atoms with Crippen molar-refractivity contribution in [3.05, 3.63) is 70.5 Å². The number of rotatable bonds is 3. The van der Waals surface area contributed by atoms with E-state index in [9.17, 15) is 31.1 Å². The molecule has 6 nitrogen and oxygen atoms in total. The molecule has 172 valence electrons. The van der Waals surface area contributed by atoms with E-state index in [1.165, 1.54) is 22.8 Å². The maximum Gasteiger partial charge on any atom is 0.416 e.